The summed E-state index contributed by atoms with van der Waals surface area (Å²) >= 11 is 0. The minimum absolute atomic E-state index is 0.0677. The van der Waals surface area contributed by atoms with Gasteiger partial charge in [0.1, 0.15) is 5.60 Å². The van der Waals surface area contributed by atoms with Crippen LogP contribution in [0.15, 0.2) is 4.99 Å². The van der Waals surface area contributed by atoms with Crippen LogP contribution in [-0.4, -0.2) is 34.5 Å². The Hall–Kier alpha value is -0.700. The fraction of sp³-hybridized carbons (Fsp3) is 0.929. The zero-order valence-electron chi connectivity index (χ0n) is 11.9. The van der Waals surface area contributed by atoms with Gasteiger partial charge in [0, 0.05) is 0 Å². The maximum atomic E-state index is 9.76. The molecular formula is C14H27NO3. The van der Waals surface area contributed by atoms with Crippen molar-refractivity contribution in [2.75, 3.05) is 6.54 Å². The van der Waals surface area contributed by atoms with Gasteiger partial charge in [-0.1, -0.05) is 52.4 Å². The first-order valence-corrected chi connectivity index (χ1v) is 6.86. The van der Waals surface area contributed by atoms with Gasteiger partial charge in [-0.3, -0.25) is 0 Å². The second-order valence-electron chi connectivity index (χ2n) is 5.57. The van der Waals surface area contributed by atoms with E-state index in [1.807, 2.05) is 0 Å². The van der Waals surface area contributed by atoms with Crippen molar-refractivity contribution in [1.82, 2.24) is 0 Å². The molecule has 4 heteroatoms. The lowest BCUT2D eigenvalue weighted by atomic mass is 9.91. The lowest BCUT2D eigenvalue weighted by molar-refractivity contribution is -0.0752. The van der Waals surface area contributed by atoms with Crippen molar-refractivity contribution < 1.29 is 15.0 Å². The zero-order chi connectivity index (χ0) is 14.0. The summed E-state index contributed by atoms with van der Waals surface area (Å²) < 4.78 is 0. The predicted octanol–water partition coefficient (Wildman–Crippen LogP) is 2.43. The topological polar surface area (TPSA) is 69.9 Å². The smallest absolute Gasteiger partial charge is 0.235 e. The standard InChI is InChI=1S/C8H15NO3.C6H12/c1-6(2)7(11)8(3,12)4-9-5-10;1-2-4-6-5-3-1/h6-7,11-12H,4H2,1-3H3;1-6H2. The van der Waals surface area contributed by atoms with Crippen LogP contribution < -0.4 is 0 Å². The van der Waals surface area contributed by atoms with E-state index in [4.69, 9.17) is 0 Å². The van der Waals surface area contributed by atoms with Gasteiger partial charge >= 0.3 is 0 Å². The van der Waals surface area contributed by atoms with Gasteiger partial charge in [0.25, 0.3) is 0 Å². The number of nitrogens with zero attached hydrogens (tertiary/aromatic N) is 1. The van der Waals surface area contributed by atoms with Crippen molar-refractivity contribution in [2.24, 2.45) is 10.9 Å². The van der Waals surface area contributed by atoms with Crippen LogP contribution >= 0.6 is 0 Å². The predicted molar refractivity (Wildman–Crippen MR) is 72.2 cm³/mol. The normalized spacial score (nSPS) is 20.1. The molecule has 106 valence electrons. The molecule has 0 aromatic heterocycles. The Bertz CT molecular complexity index is 242. The van der Waals surface area contributed by atoms with E-state index in [1.165, 1.54) is 51.5 Å². The molecule has 2 atom stereocenters. The van der Waals surface area contributed by atoms with Gasteiger partial charge < -0.3 is 10.2 Å². The third-order valence-corrected chi connectivity index (χ3v) is 3.23. The molecule has 4 nitrogen and oxygen atoms in total. The average molecular weight is 257 g/mol. The van der Waals surface area contributed by atoms with Gasteiger partial charge in [-0.05, 0) is 12.8 Å². The summed E-state index contributed by atoms with van der Waals surface area (Å²) in [6.07, 6.45) is 9.44. The number of carbonyl (C=O) groups excluding carboxylic acids is 1. The Balaban J connectivity index is 0.000000397. The van der Waals surface area contributed by atoms with Crippen molar-refractivity contribution >= 4 is 6.08 Å². The average Bonchev–Trinajstić information content (AvgIpc) is 2.38. The number of aliphatic hydroxyl groups is 2. The minimum Gasteiger partial charge on any atom is -0.390 e. The van der Waals surface area contributed by atoms with Crippen molar-refractivity contribution in [3.8, 4) is 0 Å². The Morgan fingerprint density at radius 2 is 1.56 bits per heavy atom. The number of aliphatic hydroxyl groups excluding tert-OH is 1. The van der Waals surface area contributed by atoms with E-state index in [0.29, 0.717) is 0 Å². The van der Waals surface area contributed by atoms with Crippen LogP contribution in [0.3, 0.4) is 0 Å². The summed E-state index contributed by atoms with van der Waals surface area (Å²) in [5.41, 5.74) is -1.34. The molecule has 2 unspecified atom stereocenters. The fourth-order valence-electron chi connectivity index (χ4n) is 2.06. The molecule has 1 rings (SSSR count). The van der Waals surface area contributed by atoms with Crippen molar-refractivity contribution in [1.29, 1.82) is 0 Å². The molecule has 0 bridgehead atoms. The SMILES string of the molecule is C1CCCCC1.CC(C)C(O)C(C)(O)CN=C=O. The van der Waals surface area contributed by atoms with Crippen molar-refractivity contribution in [3.63, 3.8) is 0 Å². The van der Waals surface area contributed by atoms with E-state index in [9.17, 15) is 15.0 Å². The molecule has 0 spiro atoms. The number of isocyanates is 1. The quantitative estimate of drug-likeness (QED) is 0.600. The fourth-order valence-corrected chi connectivity index (χ4v) is 2.06. The molecule has 0 saturated heterocycles. The summed E-state index contributed by atoms with van der Waals surface area (Å²) in [5, 5.41) is 19.0. The van der Waals surface area contributed by atoms with Gasteiger partial charge in [0.05, 0.1) is 12.6 Å². The summed E-state index contributed by atoms with van der Waals surface area (Å²) in [7, 11) is 0. The molecule has 1 saturated carbocycles. The van der Waals surface area contributed by atoms with Gasteiger partial charge in [-0.15, -0.1) is 0 Å². The van der Waals surface area contributed by atoms with Crippen LogP contribution in [0.5, 0.6) is 0 Å². The Kier molecular flexibility index (Phi) is 8.90. The minimum atomic E-state index is -1.34. The third kappa shape index (κ3) is 7.59. The van der Waals surface area contributed by atoms with E-state index < -0.39 is 11.7 Å². The number of rotatable bonds is 4. The highest BCUT2D eigenvalue weighted by molar-refractivity contribution is 5.33. The number of hydrogen-bond donors (Lipinski definition) is 2. The highest BCUT2D eigenvalue weighted by atomic mass is 16.3. The zero-order valence-corrected chi connectivity index (χ0v) is 11.9. The highest BCUT2D eigenvalue weighted by Crippen LogP contribution is 2.17. The molecule has 1 aliphatic rings. The molecule has 0 radical (unpaired) electrons. The number of hydrogen-bond acceptors (Lipinski definition) is 4. The van der Waals surface area contributed by atoms with E-state index in [-0.39, 0.29) is 12.5 Å². The highest BCUT2D eigenvalue weighted by Gasteiger charge is 2.32. The van der Waals surface area contributed by atoms with Gasteiger partial charge in [-0.25, -0.2) is 9.79 Å². The van der Waals surface area contributed by atoms with Gasteiger partial charge in [-0.2, -0.15) is 0 Å². The third-order valence-electron chi connectivity index (χ3n) is 3.23. The summed E-state index contributed by atoms with van der Waals surface area (Å²) in [6, 6.07) is 0. The van der Waals surface area contributed by atoms with Crippen LogP contribution in [0, 0.1) is 5.92 Å². The lowest BCUT2D eigenvalue weighted by Gasteiger charge is -2.29. The molecule has 1 fully saturated rings. The first-order chi connectivity index (χ1) is 8.41. The first-order valence-electron chi connectivity index (χ1n) is 6.86. The summed E-state index contributed by atoms with van der Waals surface area (Å²) in [5.74, 6) is -0.0677. The monoisotopic (exact) mass is 257 g/mol. The first kappa shape index (κ1) is 17.3. The largest absolute Gasteiger partial charge is 0.390 e. The summed E-state index contributed by atoms with van der Waals surface area (Å²) in [6.45, 7) is 4.89. The molecule has 0 aromatic rings. The molecule has 0 heterocycles. The second-order valence-corrected chi connectivity index (χ2v) is 5.57. The van der Waals surface area contributed by atoms with Crippen LogP contribution in [-0.2, 0) is 4.79 Å². The molecule has 0 aromatic carbocycles. The Labute approximate surface area is 110 Å². The molecule has 0 amide bonds. The lowest BCUT2D eigenvalue weighted by Crippen LogP contribution is -2.45. The Morgan fingerprint density at radius 1 is 1.17 bits per heavy atom. The van der Waals surface area contributed by atoms with Gasteiger partial charge in [0.15, 0.2) is 0 Å². The van der Waals surface area contributed by atoms with Crippen LogP contribution in [0.4, 0.5) is 0 Å². The molecular weight excluding hydrogens is 230 g/mol. The van der Waals surface area contributed by atoms with Gasteiger partial charge in [0.2, 0.25) is 6.08 Å². The number of aliphatic imine (C=N–C) groups is 1. The van der Waals surface area contributed by atoms with Crippen molar-refractivity contribution in [2.45, 2.75) is 71.0 Å². The second kappa shape index (κ2) is 9.26. The molecule has 1 aliphatic carbocycles. The van der Waals surface area contributed by atoms with E-state index in [0.717, 1.165) is 0 Å². The van der Waals surface area contributed by atoms with Crippen LogP contribution in [0.1, 0.15) is 59.3 Å². The maximum absolute atomic E-state index is 9.76. The molecule has 2 N–H and O–H groups in total. The van der Waals surface area contributed by atoms with E-state index in [1.54, 1.807) is 13.8 Å². The van der Waals surface area contributed by atoms with E-state index in [2.05, 4.69) is 4.99 Å². The van der Waals surface area contributed by atoms with Crippen LogP contribution in [0.2, 0.25) is 0 Å². The molecule has 18 heavy (non-hydrogen) atoms. The molecule has 0 aliphatic heterocycles. The Morgan fingerprint density at radius 3 is 1.83 bits per heavy atom. The van der Waals surface area contributed by atoms with Crippen LogP contribution in [0.25, 0.3) is 0 Å². The summed E-state index contributed by atoms with van der Waals surface area (Å²) in [4.78, 5) is 13.0. The maximum Gasteiger partial charge on any atom is 0.235 e. The van der Waals surface area contributed by atoms with E-state index >= 15 is 0 Å². The van der Waals surface area contributed by atoms with Crippen molar-refractivity contribution in [3.05, 3.63) is 0 Å².